The lowest BCUT2D eigenvalue weighted by molar-refractivity contribution is -0.343. The Labute approximate surface area is 246 Å². The summed E-state index contributed by atoms with van der Waals surface area (Å²) in [6.45, 7) is 2.94. The highest BCUT2D eigenvalue weighted by atomic mass is 35.5. The smallest absolute Gasteiger partial charge is 0.343 e. The number of nitrogens with one attached hydrogen (secondary N) is 4. The van der Waals surface area contributed by atoms with Crippen molar-refractivity contribution in [3.05, 3.63) is 71.9 Å². The van der Waals surface area contributed by atoms with Crippen LogP contribution in [-0.4, -0.2) is 53.8 Å². The molecule has 3 amide bonds. The quantitative estimate of drug-likeness (QED) is 0.264. The van der Waals surface area contributed by atoms with Crippen LogP contribution in [0.3, 0.4) is 0 Å². The fraction of sp³-hybridized carbons (Fsp3) is 0.379. The van der Waals surface area contributed by atoms with Crippen molar-refractivity contribution in [2.24, 2.45) is 11.7 Å². The highest BCUT2D eigenvalue weighted by molar-refractivity contribution is 6.15. The highest BCUT2D eigenvalue weighted by Crippen LogP contribution is 2.29. The molecule has 2 heterocycles. The Kier molecular flexibility index (Phi) is 10.0. The number of halogens is 4. The van der Waals surface area contributed by atoms with E-state index in [1.54, 1.807) is 17.2 Å². The molecule has 0 aliphatic carbocycles. The van der Waals surface area contributed by atoms with E-state index >= 15 is 0 Å². The molecule has 0 spiro atoms. The third kappa shape index (κ3) is 7.96. The van der Waals surface area contributed by atoms with Gasteiger partial charge in [0.25, 0.3) is 0 Å². The molecule has 224 valence electrons. The molecule has 3 aromatic rings. The number of benzene rings is 2. The van der Waals surface area contributed by atoms with Crippen LogP contribution in [-0.2, 0) is 27.0 Å². The zero-order valence-electron chi connectivity index (χ0n) is 22.9. The van der Waals surface area contributed by atoms with Gasteiger partial charge in [0, 0.05) is 43.4 Å². The van der Waals surface area contributed by atoms with Crippen LogP contribution in [0.25, 0.3) is 10.9 Å². The number of carbonyl (C=O) groups is 3. The van der Waals surface area contributed by atoms with Gasteiger partial charge in [-0.3, -0.25) is 14.4 Å². The number of nitrogens with two attached hydrogens (primary N) is 1. The van der Waals surface area contributed by atoms with Crippen LogP contribution >= 0.6 is 11.8 Å². The van der Waals surface area contributed by atoms with E-state index in [1.807, 2.05) is 31.2 Å². The Bertz CT molecular complexity index is 1410. The van der Waals surface area contributed by atoms with Crippen LogP contribution in [0, 0.1) is 5.92 Å². The molecule has 4 rings (SSSR count). The van der Waals surface area contributed by atoms with E-state index < -0.39 is 35.6 Å². The van der Waals surface area contributed by atoms with Crippen LogP contribution in [0.1, 0.15) is 30.9 Å². The maximum atomic E-state index is 13.4. The maximum absolute atomic E-state index is 13.4. The number of likely N-dealkylation sites (tertiary alicyclic amines) is 1. The van der Waals surface area contributed by atoms with Gasteiger partial charge in [-0.05, 0) is 53.9 Å². The van der Waals surface area contributed by atoms with Gasteiger partial charge >= 0.3 is 6.18 Å². The number of hydrogen-bond acceptors (Lipinski definition) is 5. The second-order valence-corrected chi connectivity index (χ2v) is 10.8. The first-order valence-corrected chi connectivity index (χ1v) is 13.9. The van der Waals surface area contributed by atoms with Gasteiger partial charge in [-0.15, -0.1) is 0 Å². The van der Waals surface area contributed by atoms with Gasteiger partial charge in [-0.25, -0.2) is 9.82 Å². The number of hydrogen-bond donors (Lipinski definition) is 4. The van der Waals surface area contributed by atoms with E-state index in [9.17, 15) is 27.6 Å². The Morgan fingerprint density at radius 2 is 1.79 bits per heavy atom. The molecule has 4 atom stereocenters. The monoisotopic (exact) mass is 605 g/mol. The number of nitrogens with zero attached hydrogens (tertiary/aromatic N) is 1. The number of aromatic nitrogens is 1. The standard InChI is InChI=1S/C29H32ClF3N6O3/c1-17-15-39(16-22(17)34)26(40)11-10-24(38-30)27(41)37-25(12-18-6-8-20(9-7-18)29(31,32)33)28(42)36-21-13-19-4-2-3-5-23(19)35-14-21/h2-9,13-14,17,22,24-25,38H,10-12,15-16,34H2,1H3,(H,36,42)(H,37,41)/p+1. The van der Waals surface area contributed by atoms with Gasteiger partial charge in [0.05, 0.1) is 5.56 Å². The van der Waals surface area contributed by atoms with E-state index in [4.69, 9.17) is 17.5 Å². The molecule has 42 heavy (non-hydrogen) atoms. The van der Waals surface area contributed by atoms with Crippen LogP contribution in [0.15, 0.2) is 60.8 Å². The normalized spacial score (nSPS) is 18.5. The van der Waals surface area contributed by atoms with E-state index in [0.29, 0.717) is 24.3 Å². The number of alkyl halides is 3. The largest absolute Gasteiger partial charge is 0.416 e. The van der Waals surface area contributed by atoms with Crippen molar-refractivity contribution in [3.63, 3.8) is 0 Å². The first-order chi connectivity index (χ1) is 19.9. The van der Waals surface area contributed by atoms with E-state index in [2.05, 4.69) is 20.5 Å². The van der Waals surface area contributed by atoms with Crippen molar-refractivity contribution >= 4 is 46.1 Å². The SMILES string of the molecule is CC1CN(C(=O)CCC(NCl)C(=O)NC(Cc2ccc(C(F)(F)F)cc2)C(=O)Nc2c[nH+]c3ccccc3c2)CC1N. The Morgan fingerprint density at radius 1 is 1.07 bits per heavy atom. The molecule has 9 nitrogen and oxygen atoms in total. The molecular weight excluding hydrogens is 573 g/mol. The van der Waals surface area contributed by atoms with Gasteiger partial charge in [0.1, 0.15) is 17.8 Å². The third-order valence-electron chi connectivity index (χ3n) is 7.39. The number of H-pyrrole nitrogens is 1. The minimum Gasteiger partial charge on any atom is -0.343 e. The van der Waals surface area contributed by atoms with Gasteiger partial charge < -0.3 is 21.3 Å². The summed E-state index contributed by atoms with van der Waals surface area (Å²) in [4.78, 5) is 46.3. The molecule has 6 N–H and O–H groups in total. The summed E-state index contributed by atoms with van der Waals surface area (Å²) in [7, 11) is 0. The summed E-state index contributed by atoms with van der Waals surface area (Å²) in [5.74, 6) is -1.22. The Morgan fingerprint density at radius 3 is 2.43 bits per heavy atom. The maximum Gasteiger partial charge on any atom is 0.416 e. The molecule has 1 aliphatic heterocycles. The summed E-state index contributed by atoms with van der Waals surface area (Å²) in [6.07, 6.45) is -2.92. The number of para-hydroxylation sites is 1. The fourth-order valence-electron chi connectivity index (χ4n) is 4.82. The summed E-state index contributed by atoms with van der Waals surface area (Å²) in [5, 5.41) is 6.24. The van der Waals surface area contributed by atoms with Gasteiger partial charge in [0.2, 0.25) is 23.2 Å². The molecule has 1 aromatic heterocycles. The third-order valence-corrected chi connectivity index (χ3v) is 7.66. The fourth-order valence-corrected chi connectivity index (χ4v) is 5.03. The van der Waals surface area contributed by atoms with E-state index in [1.165, 1.54) is 12.1 Å². The van der Waals surface area contributed by atoms with Crippen LogP contribution in [0.4, 0.5) is 18.9 Å². The average Bonchev–Trinajstić information content (AvgIpc) is 3.30. The topological polar surface area (TPSA) is 131 Å². The first kappa shape index (κ1) is 31.2. The Hall–Kier alpha value is -3.74. The number of amides is 3. The minimum absolute atomic E-state index is 0.0277. The van der Waals surface area contributed by atoms with Crippen molar-refractivity contribution < 1.29 is 32.5 Å². The summed E-state index contributed by atoms with van der Waals surface area (Å²) >= 11 is 5.85. The molecular formula is C29H33ClF3N6O3+. The molecule has 2 aromatic carbocycles. The lowest BCUT2D eigenvalue weighted by Crippen LogP contribution is -2.51. The molecule has 0 radical (unpaired) electrons. The highest BCUT2D eigenvalue weighted by Gasteiger charge is 2.32. The van der Waals surface area contributed by atoms with Gasteiger partial charge in [-0.2, -0.15) is 13.2 Å². The number of fused-ring (bicyclic) bond motifs is 1. The molecule has 1 saturated heterocycles. The minimum atomic E-state index is -4.51. The average molecular weight is 606 g/mol. The van der Waals surface area contributed by atoms with Crippen LogP contribution < -0.4 is 26.2 Å². The zero-order valence-corrected chi connectivity index (χ0v) is 23.6. The molecule has 0 bridgehead atoms. The number of aromatic amines is 1. The zero-order chi connectivity index (χ0) is 30.4. The number of pyridine rings is 1. The lowest BCUT2D eigenvalue weighted by atomic mass is 10.0. The summed E-state index contributed by atoms with van der Waals surface area (Å²) in [6, 6.07) is 11.3. The van der Waals surface area contributed by atoms with Crippen LogP contribution in [0.5, 0.6) is 0 Å². The van der Waals surface area contributed by atoms with Gasteiger partial charge in [-0.1, -0.05) is 31.2 Å². The van der Waals surface area contributed by atoms with E-state index in [0.717, 1.165) is 23.0 Å². The summed E-state index contributed by atoms with van der Waals surface area (Å²) < 4.78 is 39.2. The number of carbonyl (C=O) groups excluding carboxylic acids is 3. The first-order valence-electron chi connectivity index (χ1n) is 13.5. The lowest BCUT2D eigenvalue weighted by Gasteiger charge is -2.22. The van der Waals surface area contributed by atoms with E-state index in [-0.39, 0.29) is 37.1 Å². The molecule has 4 unspecified atom stereocenters. The van der Waals surface area contributed by atoms with Gasteiger partial charge in [0.15, 0.2) is 6.20 Å². The summed E-state index contributed by atoms with van der Waals surface area (Å²) in [5.41, 5.74) is 6.86. The van der Waals surface area contributed by atoms with Crippen molar-refractivity contribution in [3.8, 4) is 0 Å². The van der Waals surface area contributed by atoms with Crippen molar-refractivity contribution in [1.29, 1.82) is 0 Å². The predicted octanol–water partition coefficient (Wildman–Crippen LogP) is 3.04. The molecule has 0 saturated carbocycles. The van der Waals surface area contributed by atoms with Crippen molar-refractivity contribution in [2.45, 2.75) is 50.5 Å². The second kappa shape index (κ2) is 13.5. The molecule has 1 aliphatic rings. The molecule has 13 heteroatoms. The van der Waals surface area contributed by atoms with Crippen LogP contribution in [0.2, 0.25) is 0 Å². The van der Waals surface area contributed by atoms with Crippen molar-refractivity contribution in [2.75, 3.05) is 18.4 Å². The second-order valence-electron chi connectivity index (χ2n) is 10.6. The Balaban J connectivity index is 1.47. The number of anilines is 1. The molecule has 1 fully saturated rings. The number of rotatable bonds is 10. The predicted molar refractivity (Wildman–Crippen MR) is 152 cm³/mol. The van der Waals surface area contributed by atoms with Crippen molar-refractivity contribution in [1.82, 2.24) is 15.1 Å².